The van der Waals surface area contributed by atoms with Crippen LogP contribution in [0.4, 0.5) is 0 Å². The van der Waals surface area contributed by atoms with Gasteiger partial charge in [-0.1, -0.05) is 24.9 Å². The third-order valence-corrected chi connectivity index (χ3v) is 3.69. The molecule has 1 aromatic rings. The third-order valence-electron chi connectivity index (χ3n) is 3.69. The normalized spacial score (nSPS) is 22.9. The van der Waals surface area contributed by atoms with Crippen LogP contribution in [0.15, 0.2) is 11.3 Å². The van der Waals surface area contributed by atoms with Crippen LogP contribution in [0.1, 0.15) is 38.2 Å². The van der Waals surface area contributed by atoms with E-state index in [1.165, 1.54) is 0 Å². The summed E-state index contributed by atoms with van der Waals surface area (Å²) in [4.78, 5) is 11.1. The Morgan fingerprint density at radius 2 is 2.33 bits per heavy atom. The number of aryl methyl sites for hydroxylation is 1. The zero-order valence-corrected chi connectivity index (χ0v) is 14.0. The molecule has 1 fully saturated rings. The highest BCUT2D eigenvalue weighted by Gasteiger charge is 2.36. The van der Waals surface area contributed by atoms with Crippen molar-refractivity contribution >= 4 is 0 Å². The van der Waals surface area contributed by atoms with Gasteiger partial charge in [0.15, 0.2) is 0 Å². The molecule has 0 aromatic carbocycles. The molecule has 1 aliphatic heterocycles. The van der Waals surface area contributed by atoms with Crippen molar-refractivity contribution in [1.29, 1.82) is 0 Å². The second-order valence-corrected chi connectivity index (χ2v) is 5.60. The molecule has 9 heteroatoms. The SMILES string of the molecule is CCCCCOc1nc(O[C@@H]2C[C@@H](N=[N+]=[N-])O[C@@H]2CO)ncc1C. The quantitative estimate of drug-likeness (QED) is 0.320. The van der Waals surface area contributed by atoms with Crippen molar-refractivity contribution in [1.82, 2.24) is 9.97 Å². The number of hydrogen-bond donors (Lipinski definition) is 1. The van der Waals surface area contributed by atoms with Crippen LogP contribution >= 0.6 is 0 Å². The lowest BCUT2D eigenvalue weighted by atomic mass is 10.2. The molecule has 0 unspecified atom stereocenters. The monoisotopic (exact) mass is 337 g/mol. The summed E-state index contributed by atoms with van der Waals surface area (Å²) >= 11 is 0. The average Bonchev–Trinajstić information content (AvgIpc) is 2.96. The Hall–Kier alpha value is -2.09. The number of aliphatic hydroxyl groups excluding tert-OH is 1. The molecule has 3 atom stereocenters. The number of ether oxygens (including phenoxy) is 3. The molecule has 2 rings (SSSR count). The van der Waals surface area contributed by atoms with Gasteiger partial charge in [0.25, 0.3) is 0 Å². The van der Waals surface area contributed by atoms with Gasteiger partial charge < -0.3 is 19.3 Å². The van der Waals surface area contributed by atoms with E-state index in [-0.39, 0.29) is 12.6 Å². The van der Waals surface area contributed by atoms with Gasteiger partial charge in [0.05, 0.1) is 13.2 Å². The van der Waals surface area contributed by atoms with Crippen LogP contribution in [0, 0.1) is 6.92 Å². The molecule has 0 aliphatic carbocycles. The number of aliphatic hydroxyl groups is 1. The van der Waals surface area contributed by atoms with E-state index in [0.717, 1.165) is 24.8 Å². The maximum Gasteiger partial charge on any atom is 0.320 e. The number of azide groups is 1. The second-order valence-electron chi connectivity index (χ2n) is 5.60. The van der Waals surface area contributed by atoms with Crippen LogP contribution in [0.25, 0.3) is 10.4 Å². The van der Waals surface area contributed by atoms with Crippen LogP contribution in [0.5, 0.6) is 11.9 Å². The van der Waals surface area contributed by atoms with Gasteiger partial charge >= 0.3 is 6.01 Å². The van der Waals surface area contributed by atoms with Crippen LogP contribution in [0.3, 0.4) is 0 Å². The van der Waals surface area contributed by atoms with Crippen molar-refractivity contribution in [3.63, 3.8) is 0 Å². The van der Waals surface area contributed by atoms with Crippen LogP contribution in [-0.2, 0) is 4.74 Å². The Bertz CT molecular complexity index is 579. The molecule has 0 bridgehead atoms. The van der Waals surface area contributed by atoms with Gasteiger partial charge in [-0.15, -0.1) is 0 Å². The van der Waals surface area contributed by atoms with E-state index >= 15 is 0 Å². The summed E-state index contributed by atoms with van der Waals surface area (Å²) in [5.41, 5.74) is 9.31. The van der Waals surface area contributed by atoms with Crippen molar-refractivity contribution in [2.75, 3.05) is 13.2 Å². The number of aromatic nitrogens is 2. The van der Waals surface area contributed by atoms with E-state index in [1.807, 2.05) is 6.92 Å². The molecule has 0 saturated carbocycles. The van der Waals surface area contributed by atoms with Crippen molar-refractivity contribution in [2.24, 2.45) is 5.11 Å². The number of hydrogen-bond acceptors (Lipinski definition) is 7. The van der Waals surface area contributed by atoms with Gasteiger partial charge in [-0.3, -0.25) is 0 Å². The summed E-state index contributed by atoms with van der Waals surface area (Å²) in [6.45, 7) is 4.35. The first kappa shape index (κ1) is 18.3. The van der Waals surface area contributed by atoms with Crippen molar-refractivity contribution in [3.05, 3.63) is 22.2 Å². The molecule has 1 saturated heterocycles. The minimum atomic E-state index is -0.660. The predicted octanol–water partition coefficient (Wildman–Crippen LogP) is 2.52. The summed E-state index contributed by atoms with van der Waals surface area (Å²) in [5, 5.41) is 12.9. The number of unbranched alkanes of at least 4 members (excludes halogenated alkanes) is 2. The topological polar surface area (TPSA) is 122 Å². The zero-order chi connectivity index (χ0) is 17.4. The van der Waals surface area contributed by atoms with Crippen LogP contribution < -0.4 is 9.47 Å². The largest absolute Gasteiger partial charge is 0.477 e. The van der Waals surface area contributed by atoms with Gasteiger partial charge in [0, 0.05) is 23.1 Å². The summed E-state index contributed by atoms with van der Waals surface area (Å²) in [7, 11) is 0. The molecule has 24 heavy (non-hydrogen) atoms. The van der Waals surface area contributed by atoms with E-state index in [0.29, 0.717) is 18.9 Å². The van der Waals surface area contributed by atoms with Crippen molar-refractivity contribution in [3.8, 4) is 11.9 Å². The highest BCUT2D eigenvalue weighted by Crippen LogP contribution is 2.26. The standard InChI is InChI=1S/C15H23N5O4/c1-3-4-5-6-22-14-10(2)8-17-15(18-14)24-11-7-13(19-20-16)23-12(11)9-21/h8,11-13,21H,3-7,9H2,1-2H3/t11-,12-,13+/m1/s1. The first-order chi connectivity index (χ1) is 11.7. The summed E-state index contributed by atoms with van der Waals surface area (Å²) in [5.74, 6) is 0.488. The molecule has 9 nitrogen and oxygen atoms in total. The van der Waals surface area contributed by atoms with Crippen LogP contribution in [0.2, 0.25) is 0 Å². The third kappa shape index (κ3) is 4.95. The number of nitrogens with zero attached hydrogens (tertiary/aromatic N) is 5. The molecule has 1 N–H and O–H groups in total. The molecular weight excluding hydrogens is 314 g/mol. The second kappa shape index (κ2) is 9.27. The minimum Gasteiger partial charge on any atom is -0.477 e. The zero-order valence-electron chi connectivity index (χ0n) is 14.0. The average molecular weight is 337 g/mol. The van der Waals surface area contributed by atoms with E-state index in [9.17, 15) is 5.11 Å². The molecule has 1 aliphatic rings. The number of rotatable bonds is 9. The molecular formula is C15H23N5O4. The first-order valence-electron chi connectivity index (χ1n) is 8.11. The molecule has 0 amide bonds. The maximum atomic E-state index is 9.36. The van der Waals surface area contributed by atoms with Gasteiger partial charge in [-0.25, -0.2) is 4.98 Å². The van der Waals surface area contributed by atoms with Crippen LogP contribution in [-0.4, -0.2) is 46.7 Å². The van der Waals surface area contributed by atoms with E-state index in [4.69, 9.17) is 19.7 Å². The van der Waals surface area contributed by atoms with Crippen molar-refractivity contribution in [2.45, 2.75) is 58.0 Å². The molecule has 132 valence electrons. The van der Waals surface area contributed by atoms with E-state index in [2.05, 4.69) is 26.9 Å². The van der Waals surface area contributed by atoms with E-state index in [1.54, 1.807) is 6.20 Å². The molecule has 2 heterocycles. The Morgan fingerprint density at radius 1 is 1.50 bits per heavy atom. The Kier molecular flexibility index (Phi) is 7.05. The predicted molar refractivity (Wildman–Crippen MR) is 85.7 cm³/mol. The molecule has 0 radical (unpaired) electrons. The first-order valence-corrected chi connectivity index (χ1v) is 8.11. The fourth-order valence-electron chi connectivity index (χ4n) is 2.38. The van der Waals surface area contributed by atoms with Gasteiger partial charge in [0.1, 0.15) is 18.4 Å². The fraction of sp³-hybridized carbons (Fsp3) is 0.733. The van der Waals surface area contributed by atoms with Gasteiger partial charge in [-0.05, 0) is 18.9 Å². The smallest absolute Gasteiger partial charge is 0.320 e. The minimum absolute atomic E-state index is 0.153. The van der Waals surface area contributed by atoms with Crippen molar-refractivity contribution < 1.29 is 19.3 Å². The lowest BCUT2D eigenvalue weighted by molar-refractivity contribution is -0.0157. The fourth-order valence-corrected chi connectivity index (χ4v) is 2.38. The Balaban J connectivity index is 1.99. The molecule has 1 aromatic heterocycles. The lowest BCUT2D eigenvalue weighted by Crippen LogP contribution is -2.30. The summed E-state index contributed by atoms with van der Waals surface area (Å²) < 4.78 is 16.8. The Labute approximate surface area is 140 Å². The summed E-state index contributed by atoms with van der Waals surface area (Å²) in [6.07, 6.45) is 3.43. The van der Waals surface area contributed by atoms with Gasteiger partial charge in [0.2, 0.25) is 5.88 Å². The lowest BCUT2D eigenvalue weighted by Gasteiger charge is -2.17. The molecule has 0 spiro atoms. The van der Waals surface area contributed by atoms with Gasteiger partial charge in [-0.2, -0.15) is 4.98 Å². The highest BCUT2D eigenvalue weighted by atomic mass is 16.6. The summed E-state index contributed by atoms with van der Waals surface area (Å²) in [6, 6.07) is 0.153. The Morgan fingerprint density at radius 3 is 3.04 bits per heavy atom. The highest BCUT2D eigenvalue weighted by molar-refractivity contribution is 5.23. The van der Waals surface area contributed by atoms with E-state index < -0.39 is 18.4 Å². The maximum absolute atomic E-state index is 9.36.